The Kier molecular flexibility index (Phi) is 4.12. The lowest BCUT2D eigenvalue weighted by atomic mass is 10.0. The van der Waals surface area contributed by atoms with Crippen LogP contribution >= 0.6 is 15.9 Å². The number of rotatable bonds is 3. The van der Waals surface area contributed by atoms with Gasteiger partial charge in [0.05, 0.1) is 6.54 Å². The van der Waals surface area contributed by atoms with Crippen molar-refractivity contribution in [2.24, 2.45) is 5.73 Å². The van der Waals surface area contributed by atoms with Crippen molar-refractivity contribution in [1.82, 2.24) is 4.90 Å². The molecule has 1 rings (SSSR count). The summed E-state index contributed by atoms with van der Waals surface area (Å²) in [4.78, 5) is 12.5. The molecule has 0 aliphatic carbocycles. The van der Waals surface area contributed by atoms with Gasteiger partial charge in [0.2, 0.25) is 0 Å². The molecule has 0 saturated carbocycles. The van der Waals surface area contributed by atoms with E-state index >= 15 is 0 Å². The number of nitrogens with two attached hydrogens (primary N) is 1. The van der Waals surface area contributed by atoms with E-state index in [2.05, 4.69) is 15.9 Å². The summed E-state index contributed by atoms with van der Waals surface area (Å²) < 4.78 is 43.3. The first-order valence-electron chi connectivity index (χ1n) is 4.91. The lowest BCUT2D eigenvalue weighted by Crippen LogP contribution is -2.61. The molecule has 2 N–H and O–H groups in total. The number of amides is 1. The first-order chi connectivity index (χ1) is 8.05. The molecule has 0 spiro atoms. The van der Waals surface area contributed by atoms with Crippen LogP contribution in [0, 0.1) is 0 Å². The second-order valence-corrected chi connectivity index (χ2v) is 4.85. The zero-order valence-electron chi connectivity index (χ0n) is 9.71. The molecule has 1 aromatic rings. The minimum atomic E-state index is -4.80. The highest BCUT2D eigenvalue weighted by Crippen LogP contribution is 2.29. The van der Waals surface area contributed by atoms with E-state index in [1.807, 2.05) is 0 Å². The summed E-state index contributed by atoms with van der Waals surface area (Å²) in [6.07, 6.45) is -4.80. The minimum Gasteiger partial charge on any atom is -0.452 e. The summed E-state index contributed by atoms with van der Waals surface area (Å²) >= 11 is 3.06. The molecule has 0 aliphatic heterocycles. The van der Waals surface area contributed by atoms with Gasteiger partial charge in [0.15, 0.2) is 10.2 Å². The van der Waals surface area contributed by atoms with Gasteiger partial charge in [-0.15, -0.1) is 0 Å². The van der Waals surface area contributed by atoms with Crippen LogP contribution in [0.4, 0.5) is 13.2 Å². The number of nitrogens with zero attached hydrogens (tertiary/aromatic N) is 1. The molecule has 4 nitrogen and oxygen atoms in total. The monoisotopic (exact) mass is 328 g/mol. The smallest absolute Gasteiger partial charge is 0.415 e. The molecule has 1 atom stereocenters. The lowest BCUT2D eigenvalue weighted by Gasteiger charge is -2.30. The molecule has 0 radical (unpaired) electrons. The average Bonchev–Trinajstić information content (AvgIpc) is 2.61. The summed E-state index contributed by atoms with van der Waals surface area (Å²) in [5.74, 6) is -0.863. The highest BCUT2D eigenvalue weighted by molar-refractivity contribution is 9.10. The third-order valence-corrected chi connectivity index (χ3v) is 2.83. The second kappa shape index (κ2) is 4.93. The van der Waals surface area contributed by atoms with Crippen molar-refractivity contribution in [3.8, 4) is 0 Å². The number of carbonyl (C=O) groups excluding carboxylic acids is 1. The predicted molar refractivity (Wildman–Crippen MR) is 61.5 cm³/mol. The van der Waals surface area contributed by atoms with Crippen molar-refractivity contribution in [2.45, 2.75) is 25.2 Å². The summed E-state index contributed by atoms with van der Waals surface area (Å²) in [5.41, 5.74) is 2.13. The summed E-state index contributed by atoms with van der Waals surface area (Å²) in [5, 5.41) is 0. The molecule has 0 fully saturated rings. The Bertz CT molecular complexity index is 443. The van der Waals surface area contributed by atoms with Gasteiger partial charge in [0.25, 0.3) is 5.91 Å². The number of halogens is 4. The summed E-state index contributed by atoms with van der Waals surface area (Å²) in [7, 11) is 1.23. The van der Waals surface area contributed by atoms with Crippen molar-refractivity contribution >= 4 is 21.8 Å². The third-order valence-electron chi connectivity index (χ3n) is 2.40. The van der Waals surface area contributed by atoms with Crippen LogP contribution in [0.2, 0.25) is 0 Å². The summed E-state index contributed by atoms with van der Waals surface area (Å²) in [6.45, 7) is 0.553. The van der Waals surface area contributed by atoms with Crippen LogP contribution in [-0.4, -0.2) is 29.6 Å². The molecular formula is C10H12BrF3N2O2. The quantitative estimate of drug-likeness (QED) is 0.926. The fourth-order valence-corrected chi connectivity index (χ4v) is 1.60. The molecule has 8 heteroatoms. The van der Waals surface area contributed by atoms with E-state index in [0.717, 1.165) is 4.90 Å². The first kappa shape index (κ1) is 15.0. The van der Waals surface area contributed by atoms with E-state index in [9.17, 15) is 18.0 Å². The minimum absolute atomic E-state index is 0.0900. The van der Waals surface area contributed by atoms with Gasteiger partial charge in [0, 0.05) is 7.05 Å². The Morgan fingerprint density at radius 1 is 1.50 bits per heavy atom. The highest BCUT2D eigenvalue weighted by atomic mass is 79.9. The molecule has 1 amide bonds. The van der Waals surface area contributed by atoms with E-state index < -0.39 is 17.6 Å². The van der Waals surface area contributed by atoms with Crippen molar-refractivity contribution < 1.29 is 22.4 Å². The fourth-order valence-electron chi connectivity index (χ4n) is 1.26. The Hall–Kier alpha value is -1.02. The molecule has 0 saturated heterocycles. The fraction of sp³-hybridized carbons (Fsp3) is 0.500. The van der Waals surface area contributed by atoms with E-state index in [4.69, 9.17) is 10.2 Å². The van der Waals surface area contributed by atoms with Gasteiger partial charge in [-0.1, -0.05) is 0 Å². The number of hydrogen-bond donors (Lipinski definition) is 1. The standard InChI is InChI=1S/C10H12BrF3N2O2/c1-9(15,10(12,13)14)8(17)16(2)5-6-3-4-7(11)18-6/h3-4H,5,15H2,1-2H3. The van der Waals surface area contributed by atoms with Crippen molar-refractivity contribution in [3.63, 3.8) is 0 Å². The molecule has 1 unspecified atom stereocenters. The largest absolute Gasteiger partial charge is 0.452 e. The SMILES string of the molecule is CN(Cc1ccc(Br)o1)C(=O)C(C)(N)C(F)(F)F. The Morgan fingerprint density at radius 3 is 2.44 bits per heavy atom. The Labute approximate surface area is 110 Å². The van der Waals surface area contributed by atoms with E-state index in [-0.39, 0.29) is 6.54 Å². The number of hydrogen-bond acceptors (Lipinski definition) is 3. The number of carbonyl (C=O) groups is 1. The Balaban J connectivity index is 2.79. The summed E-state index contributed by atoms with van der Waals surface area (Å²) in [6, 6.07) is 3.13. The molecule has 1 heterocycles. The molecule has 0 bridgehead atoms. The van der Waals surface area contributed by atoms with Crippen LogP contribution in [0.15, 0.2) is 21.2 Å². The van der Waals surface area contributed by atoms with Gasteiger partial charge in [-0.05, 0) is 35.0 Å². The van der Waals surface area contributed by atoms with Crippen LogP contribution in [-0.2, 0) is 11.3 Å². The van der Waals surface area contributed by atoms with Crippen LogP contribution in [0.3, 0.4) is 0 Å². The van der Waals surface area contributed by atoms with Crippen LogP contribution in [0.25, 0.3) is 0 Å². The van der Waals surface area contributed by atoms with Crippen molar-refractivity contribution in [1.29, 1.82) is 0 Å². The predicted octanol–water partition coefficient (Wildman–Crippen LogP) is 2.28. The van der Waals surface area contributed by atoms with Gasteiger partial charge in [-0.3, -0.25) is 4.79 Å². The van der Waals surface area contributed by atoms with E-state index in [0.29, 0.717) is 17.4 Å². The third kappa shape index (κ3) is 3.05. The first-order valence-corrected chi connectivity index (χ1v) is 5.70. The van der Waals surface area contributed by atoms with E-state index in [1.165, 1.54) is 7.05 Å². The van der Waals surface area contributed by atoms with Crippen LogP contribution in [0.5, 0.6) is 0 Å². The molecule has 0 aromatic carbocycles. The second-order valence-electron chi connectivity index (χ2n) is 4.07. The topological polar surface area (TPSA) is 59.5 Å². The molecular weight excluding hydrogens is 317 g/mol. The molecule has 0 aliphatic rings. The zero-order chi connectivity index (χ0) is 14.1. The maximum Gasteiger partial charge on any atom is 0.415 e. The van der Waals surface area contributed by atoms with Crippen LogP contribution < -0.4 is 5.73 Å². The van der Waals surface area contributed by atoms with Crippen LogP contribution in [0.1, 0.15) is 12.7 Å². The van der Waals surface area contributed by atoms with Gasteiger partial charge < -0.3 is 15.1 Å². The Morgan fingerprint density at radius 2 is 2.06 bits per heavy atom. The normalized spacial score (nSPS) is 15.3. The molecule has 18 heavy (non-hydrogen) atoms. The lowest BCUT2D eigenvalue weighted by molar-refractivity contribution is -0.193. The molecule has 1 aromatic heterocycles. The van der Waals surface area contributed by atoms with Gasteiger partial charge in [0.1, 0.15) is 5.76 Å². The maximum absolute atomic E-state index is 12.6. The van der Waals surface area contributed by atoms with Gasteiger partial charge in [-0.2, -0.15) is 13.2 Å². The average molecular weight is 329 g/mol. The van der Waals surface area contributed by atoms with Gasteiger partial charge >= 0.3 is 6.18 Å². The number of furan rings is 1. The molecule has 102 valence electrons. The number of likely N-dealkylation sites (N-methyl/N-ethyl adjacent to an activating group) is 1. The zero-order valence-corrected chi connectivity index (χ0v) is 11.3. The van der Waals surface area contributed by atoms with Crippen molar-refractivity contribution in [2.75, 3.05) is 7.05 Å². The maximum atomic E-state index is 12.6. The van der Waals surface area contributed by atoms with Gasteiger partial charge in [-0.25, -0.2) is 0 Å². The van der Waals surface area contributed by atoms with Crippen molar-refractivity contribution in [3.05, 3.63) is 22.6 Å². The highest BCUT2D eigenvalue weighted by Gasteiger charge is 2.54. The number of alkyl halides is 3. The van der Waals surface area contributed by atoms with E-state index in [1.54, 1.807) is 12.1 Å².